The first-order valence-electron chi connectivity index (χ1n) is 5.79. The zero-order chi connectivity index (χ0) is 12.1. The predicted octanol–water partition coefficient (Wildman–Crippen LogP) is 3.01. The van der Waals surface area contributed by atoms with E-state index in [0.29, 0.717) is 18.6 Å². The molecule has 0 atom stereocenters. The summed E-state index contributed by atoms with van der Waals surface area (Å²) < 4.78 is 0. The van der Waals surface area contributed by atoms with E-state index >= 15 is 0 Å². The normalized spacial score (nSPS) is 26.7. The Morgan fingerprint density at radius 3 is 1.60 bits per heavy atom. The molecule has 15 heavy (non-hydrogen) atoms. The molecule has 0 aromatic carbocycles. The standard InChI is InChI=1S/C13H25NO/c1-11(2,3)14-12(4,5)8-10(15)9-13(14,6)7/h8-9H2,1-7H3. The van der Waals surface area contributed by atoms with Gasteiger partial charge in [0.2, 0.25) is 0 Å². The predicted molar refractivity (Wildman–Crippen MR) is 64.0 cm³/mol. The number of hydrogen-bond donors (Lipinski definition) is 0. The van der Waals surface area contributed by atoms with Crippen LogP contribution >= 0.6 is 0 Å². The number of Topliss-reactive ketones (excluding diaryl/α,β-unsaturated/α-hetero) is 1. The molecule has 1 aliphatic rings. The van der Waals surface area contributed by atoms with Gasteiger partial charge in [0.25, 0.3) is 0 Å². The highest BCUT2D eigenvalue weighted by molar-refractivity contribution is 5.81. The van der Waals surface area contributed by atoms with E-state index < -0.39 is 0 Å². The summed E-state index contributed by atoms with van der Waals surface area (Å²) >= 11 is 0. The fourth-order valence-corrected chi connectivity index (χ4v) is 3.82. The Labute approximate surface area is 94.0 Å². The van der Waals surface area contributed by atoms with Crippen LogP contribution in [-0.4, -0.2) is 27.3 Å². The molecule has 2 nitrogen and oxygen atoms in total. The molecule has 88 valence electrons. The van der Waals surface area contributed by atoms with Gasteiger partial charge in [0.05, 0.1) is 0 Å². The van der Waals surface area contributed by atoms with Gasteiger partial charge in [-0.05, 0) is 48.5 Å². The number of ketones is 1. The Bertz CT molecular complexity index is 251. The van der Waals surface area contributed by atoms with Crippen LogP contribution in [0.1, 0.15) is 61.3 Å². The van der Waals surface area contributed by atoms with Crippen molar-refractivity contribution in [2.24, 2.45) is 0 Å². The summed E-state index contributed by atoms with van der Waals surface area (Å²) in [6.45, 7) is 15.4. The smallest absolute Gasteiger partial charge is 0.136 e. The minimum atomic E-state index is -0.0307. The largest absolute Gasteiger partial charge is 0.300 e. The second-order valence-electron chi connectivity index (χ2n) is 7.02. The average molecular weight is 211 g/mol. The second-order valence-corrected chi connectivity index (χ2v) is 7.02. The molecule has 0 radical (unpaired) electrons. The first kappa shape index (κ1) is 12.7. The second kappa shape index (κ2) is 3.31. The molecular weight excluding hydrogens is 186 g/mol. The quantitative estimate of drug-likeness (QED) is 0.614. The van der Waals surface area contributed by atoms with E-state index in [1.54, 1.807) is 0 Å². The van der Waals surface area contributed by atoms with Crippen LogP contribution < -0.4 is 0 Å². The summed E-state index contributed by atoms with van der Waals surface area (Å²) in [5.74, 6) is 0.394. The number of nitrogens with zero attached hydrogens (tertiary/aromatic N) is 1. The van der Waals surface area contributed by atoms with Crippen molar-refractivity contribution in [1.29, 1.82) is 0 Å². The molecule has 0 aromatic rings. The third-order valence-electron chi connectivity index (χ3n) is 3.14. The van der Waals surface area contributed by atoms with Crippen molar-refractivity contribution in [1.82, 2.24) is 4.90 Å². The number of rotatable bonds is 0. The monoisotopic (exact) mass is 211 g/mol. The Morgan fingerprint density at radius 1 is 1.00 bits per heavy atom. The van der Waals surface area contributed by atoms with Gasteiger partial charge in [0.15, 0.2) is 0 Å². The first-order chi connectivity index (χ1) is 6.47. The van der Waals surface area contributed by atoms with Gasteiger partial charge in [-0.15, -0.1) is 0 Å². The third-order valence-corrected chi connectivity index (χ3v) is 3.14. The number of piperidine rings is 1. The highest BCUT2D eigenvalue weighted by Crippen LogP contribution is 2.41. The summed E-state index contributed by atoms with van der Waals surface area (Å²) in [7, 11) is 0. The average Bonchev–Trinajstić information content (AvgIpc) is 1.71. The van der Waals surface area contributed by atoms with Gasteiger partial charge in [-0.1, -0.05) is 0 Å². The van der Waals surface area contributed by atoms with Gasteiger partial charge in [-0.3, -0.25) is 9.69 Å². The van der Waals surface area contributed by atoms with E-state index in [-0.39, 0.29) is 16.6 Å². The van der Waals surface area contributed by atoms with Gasteiger partial charge >= 0.3 is 0 Å². The molecule has 0 aromatic heterocycles. The number of hydrogen-bond acceptors (Lipinski definition) is 2. The molecular formula is C13H25NO. The van der Waals surface area contributed by atoms with Crippen molar-refractivity contribution in [3.05, 3.63) is 0 Å². The van der Waals surface area contributed by atoms with Crippen LogP contribution in [0.4, 0.5) is 0 Å². The Balaban J connectivity index is 3.14. The van der Waals surface area contributed by atoms with Crippen molar-refractivity contribution < 1.29 is 4.79 Å². The van der Waals surface area contributed by atoms with Crippen molar-refractivity contribution >= 4 is 5.78 Å². The lowest BCUT2D eigenvalue weighted by atomic mass is 9.75. The minimum absolute atomic E-state index is 0.0307. The summed E-state index contributed by atoms with van der Waals surface area (Å²) in [6.07, 6.45) is 1.35. The topological polar surface area (TPSA) is 20.3 Å². The molecule has 1 heterocycles. The summed E-state index contributed by atoms with van der Waals surface area (Å²) in [6, 6.07) is 0. The zero-order valence-electron chi connectivity index (χ0n) is 11.3. The van der Waals surface area contributed by atoms with Crippen LogP contribution in [-0.2, 0) is 4.79 Å². The van der Waals surface area contributed by atoms with Crippen LogP contribution in [0.5, 0.6) is 0 Å². The van der Waals surface area contributed by atoms with Crippen LogP contribution in [0.25, 0.3) is 0 Å². The molecule has 0 bridgehead atoms. The van der Waals surface area contributed by atoms with Gasteiger partial charge in [0.1, 0.15) is 5.78 Å². The molecule has 0 aliphatic carbocycles. The van der Waals surface area contributed by atoms with Gasteiger partial charge < -0.3 is 0 Å². The van der Waals surface area contributed by atoms with E-state index in [4.69, 9.17) is 0 Å². The molecule has 1 saturated heterocycles. The van der Waals surface area contributed by atoms with Gasteiger partial charge in [-0.25, -0.2) is 0 Å². The fraction of sp³-hybridized carbons (Fsp3) is 0.923. The van der Waals surface area contributed by atoms with Crippen molar-refractivity contribution in [2.45, 2.75) is 77.9 Å². The molecule has 1 aliphatic heterocycles. The van der Waals surface area contributed by atoms with Crippen LogP contribution in [0.2, 0.25) is 0 Å². The van der Waals surface area contributed by atoms with Crippen molar-refractivity contribution in [3.63, 3.8) is 0 Å². The third kappa shape index (κ3) is 2.41. The number of carbonyl (C=O) groups excluding carboxylic acids is 1. The van der Waals surface area contributed by atoms with Gasteiger partial charge in [-0.2, -0.15) is 0 Å². The van der Waals surface area contributed by atoms with Crippen LogP contribution in [0.3, 0.4) is 0 Å². The van der Waals surface area contributed by atoms with E-state index in [9.17, 15) is 4.79 Å². The maximum atomic E-state index is 11.7. The first-order valence-corrected chi connectivity index (χ1v) is 5.79. The van der Waals surface area contributed by atoms with E-state index in [2.05, 4.69) is 53.4 Å². The lowest BCUT2D eigenvalue weighted by Gasteiger charge is -2.58. The van der Waals surface area contributed by atoms with Crippen molar-refractivity contribution in [2.75, 3.05) is 0 Å². The summed E-state index contributed by atoms with van der Waals surface area (Å²) in [4.78, 5) is 14.2. The van der Waals surface area contributed by atoms with Gasteiger partial charge in [0, 0.05) is 29.5 Å². The molecule has 0 N–H and O–H groups in total. The maximum absolute atomic E-state index is 11.7. The van der Waals surface area contributed by atoms with E-state index in [1.807, 2.05) is 0 Å². The Morgan fingerprint density at radius 2 is 1.33 bits per heavy atom. The summed E-state index contributed by atoms with van der Waals surface area (Å²) in [5, 5.41) is 0. The minimum Gasteiger partial charge on any atom is -0.300 e. The van der Waals surface area contributed by atoms with E-state index in [1.165, 1.54) is 0 Å². The number of carbonyl (C=O) groups is 1. The van der Waals surface area contributed by atoms with Crippen LogP contribution in [0, 0.1) is 0 Å². The Kier molecular flexibility index (Phi) is 2.80. The Hall–Kier alpha value is -0.370. The molecule has 0 amide bonds. The lowest BCUT2D eigenvalue weighted by Crippen LogP contribution is -2.67. The summed E-state index contributed by atoms with van der Waals surface area (Å²) in [5.41, 5.74) is 0.0435. The molecule has 1 rings (SSSR count). The lowest BCUT2D eigenvalue weighted by molar-refractivity contribution is -0.142. The molecule has 0 unspecified atom stereocenters. The highest BCUT2D eigenvalue weighted by Gasteiger charge is 2.49. The van der Waals surface area contributed by atoms with Crippen LogP contribution in [0.15, 0.2) is 0 Å². The SMILES string of the molecule is CC(C)(C)N1C(C)(C)CC(=O)CC1(C)C. The maximum Gasteiger partial charge on any atom is 0.136 e. The zero-order valence-corrected chi connectivity index (χ0v) is 11.3. The molecule has 1 fully saturated rings. The number of likely N-dealkylation sites (tertiary alicyclic amines) is 1. The molecule has 0 spiro atoms. The fourth-order valence-electron chi connectivity index (χ4n) is 3.82. The molecule has 0 saturated carbocycles. The van der Waals surface area contributed by atoms with E-state index in [0.717, 1.165) is 0 Å². The molecule has 2 heteroatoms. The highest BCUT2D eigenvalue weighted by atomic mass is 16.1. The van der Waals surface area contributed by atoms with Crippen molar-refractivity contribution in [3.8, 4) is 0 Å².